The molecule has 2 N–H and O–H groups in total. The molecule has 0 aromatic heterocycles. The Kier molecular flexibility index (Phi) is 6.59. The van der Waals surface area contributed by atoms with Gasteiger partial charge in [-0.2, -0.15) is 0 Å². The van der Waals surface area contributed by atoms with Gasteiger partial charge in [-0.1, -0.05) is 12.1 Å². The molecular weight excluding hydrogens is 373 g/mol. The third-order valence-electron chi connectivity index (χ3n) is 4.94. The van der Waals surface area contributed by atoms with E-state index in [1.54, 1.807) is 29.2 Å². The molecule has 7 heteroatoms. The Hall–Kier alpha value is -3.22. The van der Waals surface area contributed by atoms with E-state index in [0.29, 0.717) is 42.7 Å². The predicted molar refractivity (Wildman–Crippen MR) is 108 cm³/mol. The first-order valence-electron chi connectivity index (χ1n) is 9.72. The van der Waals surface area contributed by atoms with Gasteiger partial charge in [0.2, 0.25) is 5.91 Å². The molecule has 1 saturated heterocycles. The number of piperidine rings is 1. The monoisotopic (exact) mass is 397 g/mol. The minimum Gasteiger partial charge on any atom is -0.352 e. The molecule has 1 atom stereocenters. The molecule has 3 rings (SSSR count). The van der Waals surface area contributed by atoms with Crippen molar-refractivity contribution in [3.63, 3.8) is 0 Å². The average Bonchev–Trinajstić information content (AvgIpc) is 2.74. The number of amides is 3. The van der Waals surface area contributed by atoms with E-state index >= 15 is 0 Å². The quantitative estimate of drug-likeness (QED) is 0.814. The number of carbonyl (C=O) groups excluding carboxylic acids is 3. The standard InChI is InChI=1S/C22H24FN3O3/c1-2-24-21(28)18-7-3-4-8-19(18)25-20(27)16-6-5-13-26(14-16)22(29)15-9-11-17(23)12-10-15/h3-4,7-12,16H,2,5-6,13-14H2,1H3,(H,24,28)(H,25,27). The first-order chi connectivity index (χ1) is 14.0. The van der Waals surface area contributed by atoms with E-state index in [1.807, 2.05) is 6.92 Å². The molecule has 0 bridgehead atoms. The zero-order valence-corrected chi connectivity index (χ0v) is 16.3. The molecule has 2 aromatic rings. The minimum absolute atomic E-state index is 0.217. The second-order valence-corrected chi connectivity index (χ2v) is 6.99. The number of benzene rings is 2. The van der Waals surface area contributed by atoms with Crippen LogP contribution in [0.1, 0.15) is 40.5 Å². The number of anilines is 1. The topological polar surface area (TPSA) is 78.5 Å². The lowest BCUT2D eigenvalue weighted by molar-refractivity contribution is -0.121. The van der Waals surface area contributed by atoms with E-state index in [9.17, 15) is 18.8 Å². The first kappa shape index (κ1) is 20.5. The molecule has 6 nitrogen and oxygen atoms in total. The van der Waals surface area contributed by atoms with Crippen LogP contribution < -0.4 is 10.6 Å². The number of nitrogens with zero attached hydrogens (tertiary/aromatic N) is 1. The third kappa shape index (κ3) is 4.99. The van der Waals surface area contributed by atoms with E-state index in [0.717, 1.165) is 0 Å². The van der Waals surface area contributed by atoms with Crippen LogP contribution in [0.4, 0.5) is 10.1 Å². The maximum absolute atomic E-state index is 13.1. The molecule has 29 heavy (non-hydrogen) atoms. The highest BCUT2D eigenvalue weighted by atomic mass is 19.1. The largest absolute Gasteiger partial charge is 0.352 e. The lowest BCUT2D eigenvalue weighted by atomic mass is 9.96. The highest BCUT2D eigenvalue weighted by Crippen LogP contribution is 2.22. The summed E-state index contributed by atoms with van der Waals surface area (Å²) in [7, 11) is 0. The van der Waals surface area contributed by atoms with E-state index in [2.05, 4.69) is 10.6 Å². The Labute approximate surface area is 169 Å². The number of carbonyl (C=O) groups is 3. The van der Waals surface area contributed by atoms with Crippen LogP contribution in [-0.4, -0.2) is 42.3 Å². The van der Waals surface area contributed by atoms with Crippen molar-refractivity contribution in [2.45, 2.75) is 19.8 Å². The molecule has 1 heterocycles. The summed E-state index contributed by atoms with van der Waals surface area (Å²) in [4.78, 5) is 39.3. The number of halogens is 1. The van der Waals surface area contributed by atoms with Crippen molar-refractivity contribution in [2.75, 3.05) is 25.0 Å². The molecule has 152 valence electrons. The number of rotatable bonds is 5. The van der Waals surface area contributed by atoms with E-state index in [1.165, 1.54) is 24.3 Å². The Morgan fingerprint density at radius 1 is 1.10 bits per heavy atom. The van der Waals surface area contributed by atoms with Gasteiger partial charge in [0.25, 0.3) is 11.8 Å². The van der Waals surface area contributed by atoms with E-state index in [4.69, 9.17) is 0 Å². The molecule has 0 radical (unpaired) electrons. The van der Waals surface area contributed by atoms with E-state index in [-0.39, 0.29) is 30.2 Å². The summed E-state index contributed by atoms with van der Waals surface area (Å²) in [5, 5.41) is 5.57. The van der Waals surface area contributed by atoms with Crippen LogP contribution in [0, 0.1) is 11.7 Å². The number of para-hydroxylation sites is 1. The Bertz CT molecular complexity index is 898. The normalized spacial score (nSPS) is 16.2. The zero-order chi connectivity index (χ0) is 20.8. The molecular formula is C22H24FN3O3. The van der Waals surface area contributed by atoms with Gasteiger partial charge in [0.15, 0.2) is 0 Å². The van der Waals surface area contributed by atoms with Crippen LogP contribution >= 0.6 is 0 Å². The molecule has 0 spiro atoms. The molecule has 1 aliphatic heterocycles. The Morgan fingerprint density at radius 3 is 2.55 bits per heavy atom. The fourth-order valence-corrected chi connectivity index (χ4v) is 3.43. The van der Waals surface area contributed by atoms with Gasteiger partial charge in [-0.3, -0.25) is 14.4 Å². The van der Waals surface area contributed by atoms with Crippen LogP contribution in [0.5, 0.6) is 0 Å². The lowest BCUT2D eigenvalue weighted by Crippen LogP contribution is -2.43. The summed E-state index contributed by atoms with van der Waals surface area (Å²) in [6.07, 6.45) is 1.35. The van der Waals surface area contributed by atoms with Gasteiger partial charge < -0.3 is 15.5 Å². The van der Waals surface area contributed by atoms with Crippen molar-refractivity contribution >= 4 is 23.4 Å². The summed E-state index contributed by atoms with van der Waals surface area (Å²) in [5.41, 5.74) is 1.25. The number of nitrogens with one attached hydrogen (secondary N) is 2. The maximum atomic E-state index is 13.1. The molecule has 1 fully saturated rings. The average molecular weight is 397 g/mol. The Balaban J connectivity index is 1.68. The van der Waals surface area contributed by atoms with Crippen LogP contribution in [0.25, 0.3) is 0 Å². The van der Waals surface area contributed by atoms with Crippen molar-refractivity contribution in [3.8, 4) is 0 Å². The van der Waals surface area contributed by atoms with Crippen LogP contribution in [0.15, 0.2) is 48.5 Å². The van der Waals surface area contributed by atoms with E-state index < -0.39 is 5.82 Å². The maximum Gasteiger partial charge on any atom is 0.253 e. The molecule has 3 amide bonds. The first-order valence-corrected chi connectivity index (χ1v) is 9.72. The van der Waals surface area contributed by atoms with Crippen LogP contribution in [0.2, 0.25) is 0 Å². The van der Waals surface area contributed by atoms with Gasteiger partial charge >= 0.3 is 0 Å². The second kappa shape index (κ2) is 9.32. The number of hydrogen-bond acceptors (Lipinski definition) is 3. The van der Waals surface area contributed by atoms with Gasteiger partial charge in [-0.15, -0.1) is 0 Å². The molecule has 2 aromatic carbocycles. The smallest absolute Gasteiger partial charge is 0.253 e. The minimum atomic E-state index is -0.400. The number of likely N-dealkylation sites (tertiary alicyclic amines) is 1. The highest BCUT2D eigenvalue weighted by Gasteiger charge is 2.29. The van der Waals surface area contributed by atoms with Crippen molar-refractivity contribution < 1.29 is 18.8 Å². The predicted octanol–water partition coefficient (Wildman–Crippen LogP) is 3.07. The highest BCUT2D eigenvalue weighted by molar-refractivity contribution is 6.04. The van der Waals surface area contributed by atoms with Gasteiger partial charge in [0.1, 0.15) is 5.82 Å². The summed E-state index contributed by atoms with van der Waals surface area (Å²) in [6.45, 7) is 3.15. The SMILES string of the molecule is CCNC(=O)c1ccccc1NC(=O)C1CCCN(C(=O)c2ccc(F)cc2)C1. The third-order valence-corrected chi connectivity index (χ3v) is 4.94. The summed E-state index contributed by atoms with van der Waals surface area (Å²) in [5.74, 6) is -1.47. The molecule has 1 unspecified atom stereocenters. The molecule has 0 saturated carbocycles. The Morgan fingerprint density at radius 2 is 1.83 bits per heavy atom. The van der Waals surface area contributed by atoms with Gasteiger partial charge in [-0.05, 0) is 56.2 Å². The zero-order valence-electron chi connectivity index (χ0n) is 16.3. The summed E-state index contributed by atoms with van der Waals surface area (Å²) in [6, 6.07) is 12.2. The van der Waals surface area contributed by atoms with Crippen molar-refractivity contribution in [2.24, 2.45) is 5.92 Å². The van der Waals surface area contributed by atoms with Gasteiger partial charge in [0.05, 0.1) is 17.2 Å². The lowest BCUT2D eigenvalue weighted by Gasteiger charge is -2.32. The van der Waals surface area contributed by atoms with Crippen LogP contribution in [-0.2, 0) is 4.79 Å². The van der Waals surface area contributed by atoms with Gasteiger partial charge in [-0.25, -0.2) is 4.39 Å². The number of hydrogen-bond donors (Lipinski definition) is 2. The fraction of sp³-hybridized carbons (Fsp3) is 0.318. The molecule has 1 aliphatic rings. The summed E-state index contributed by atoms with van der Waals surface area (Å²) >= 11 is 0. The summed E-state index contributed by atoms with van der Waals surface area (Å²) < 4.78 is 13.1. The van der Waals surface area contributed by atoms with Crippen molar-refractivity contribution in [1.82, 2.24) is 10.2 Å². The fourth-order valence-electron chi connectivity index (χ4n) is 3.43. The van der Waals surface area contributed by atoms with Crippen molar-refractivity contribution in [3.05, 3.63) is 65.5 Å². The van der Waals surface area contributed by atoms with Gasteiger partial charge in [0, 0.05) is 25.2 Å². The second-order valence-electron chi connectivity index (χ2n) is 6.99. The van der Waals surface area contributed by atoms with Crippen LogP contribution in [0.3, 0.4) is 0 Å². The van der Waals surface area contributed by atoms with Crippen molar-refractivity contribution in [1.29, 1.82) is 0 Å². The molecule has 0 aliphatic carbocycles.